The minimum absolute atomic E-state index is 0.124. The molecular formula is C17H16N4O6. The summed E-state index contributed by atoms with van der Waals surface area (Å²) in [6.07, 6.45) is 1.40. The molecule has 0 atom stereocenters. The second-order valence-corrected chi connectivity index (χ2v) is 6.22. The molecule has 0 amide bonds. The van der Waals surface area contributed by atoms with Gasteiger partial charge in [-0.25, -0.2) is 4.79 Å². The van der Waals surface area contributed by atoms with Crippen LogP contribution in [0.2, 0.25) is 0 Å². The van der Waals surface area contributed by atoms with Crippen LogP contribution < -0.4 is 11.2 Å². The average molecular weight is 372 g/mol. The molecule has 1 aromatic carbocycles. The molecule has 10 heteroatoms. The monoisotopic (exact) mass is 372 g/mol. The molecule has 10 nitrogen and oxygen atoms in total. The van der Waals surface area contributed by atoms with Crippen LogP contribution >= 0.6 is 0 Å². The molecule has 1 N–H and O–H groups in total. The van der Waals surface area contributed by atoms with Gasteiger partial charge in [-0.1, -0.05) is 12.1 Å². The number of aryl methyl sites for hydroxylation is 2. The summed E-state index contributed by atoms with van der Waals surface area (Å²) >= 11 is 0. The number of carbonyl (C=O) groups is 1. The molecule has 0 bridgehead atoms. The van der Waals surface area contributed by atoms with E-state index in [4.69, 9.17) is 0 Å². The van der Waals surface area contributed by atoms with Crippen LogP contribution in [0.15, 0.2) is 34.0 Å². The van der Waals surface area contributed by atoms with Crippen molar-refractivity contribution in [3.63, 3.8) is 0 Å². The molecular weight excluding hydrogens is 356 g/mol. The fraction of sp³-hybridized carbons (Fsp3) is 0.235. The maximum atomic E-state index is 12.7. The summed E-state index contributed by atoms with van der Waals surface area (Å²) < 4.78 is 3.46. The normalized spacial score (nSPS) is 11.1. The highest BCUT2D eigenvalue weighted by molar-refractivity contribution is 5.94. The first kappa shape index (κ1) is 18.1. The lowest BCUT2D eigenvalue weighted by molar-refractivity contribution is -0.385. The number of nitro benzene ring substituents is 1. The molecule has 2 aromatic heterocycles. The van der Waals surface area contributed by atoms with E-state index in [1.165, 1.54) is 41.6 Å². The number of aromatic nitrogens is 3. The van der Waals surface area contributed by atoms with Crippen molar-refractivity contribution in [3.05, 3.63) is 60.9 Å². The molecule has 0 spiro atoms. The SMILES string of the molecule is Cc1ccc(-c2c3c(=O)n(C)c(=O)n(C)c3cn2CC(=O)O)cc1[N+](=O)[O-]. The number of fused-ring (bicyclic) bond motifs is 1. The minimum atomic E-state index is -1.15. The second kappa shape index (κ2) is 6.24. The Morgan fingerprint density at radius 1 is 1.22 bits per heavy atom. The fourth-order valence-corrected chi connectivity index (χ4v) is 3.12. The van der Waals surface area contributed by atoms with Crippen molar-refractivity contribution < 1.29 is 14.8 Å². The van der Waals surface area contributed by atoms with Crippen molar-refractivity contribution in [2.75, 3.05) is 0 Å². The van der Waals surface area contributed by atoms with Crippen molar-refractivity contribution in [1.82, 2.24) is 13.7 Å². The number of rotatable bonds is 4. The molecule has 0 aliphatic rings. The van der Waals surface area contributed by atoms with E-state index in [2.05, 4.69) is 0 Å². The Labute approximate surface area is 151 Å². The van der Waals surface area contributed by atoms with E-state index in [-0.39, 0.29) is 22.3 Å². The number of aliphatic carboxylic acids is 1. The van der Waals surface area contributed by atoms with Crippen LogP contribution in [0.4, 0.5) is 5.69 Å². The van der Waals surface area contributed by atoms with Gasteiger partial charge < -0.3 is 9.67 Å². The summed E-state index contributed by atoms with van der Waals surface area (Å²) in [5, 5.41) is 20.6. The van der Waals surface area contributed by atoms with E-state index in [1.54, 1.807) is 13.0 Å². The summed E-state index contributed by atoms with van der Waals surface area (Å²) in [7, 11) is 2.79. The van der Waals surface area contributed by atoms with Crippen LogP contribution in [0.1, 0.15) is 5.56 Å². The summed E-state index contributed by atoms with van der Waals surface area (Å²) in [6.45, 7) is 1.11. The Hall–Kier alpha value is -3.69. The van der Waals surface area contributed by atoms with Gasteiger partial charge in [-0.3, -0.25) is 28.8 Å². The summed E-state index contributed by atoms with van der Waals surface area (Å²) in [4.78, 5) is 46.9. The van der Waals surface area contributed by atoms with Crippen LogP contribution in [0.3, 0.4) is 0 Å². The fourth-order valence-electron chi connectivity index (χ4n) is 3.12. The number of hydrogen-bond donors (Lipinski definition) is 1. The Kier molecular flexibility index (Phi) is 4.18. The second-order valence-electron chi connectivity index (χ2n) is 6.22. The first-order chi connectivity index (χ1) is 12.6. The van der Waals surface area contributed by atoms with Crippen molar-refractivity contribution in [2.45, 2.75) is 13.5 Å². The molecule has 3 aromatic rings. The Bertz CT molecular complexity index is 1230. The molecule has 0 saturated carbocycles. The average Bonchev–Trinajstić information content (AvgIpc) is 2.97. The molecule has 0 radical (unpaired) electrons. The van der Waals surface area contributed by atoms with Crippen molar-refractivity contribution in [1.29, 1.82) is 0 Å². The van der Waals surface area contributed by atoms with E-state index in [0.717, 1.165) is 4.57 Å². The van der Waals surface area contributed by atoms with Crippen LogP contribution in [0.25, 0.3) is 22.2 Å². The zero-order valence-electron chi connectivity index (χ0n) is 14.8. The number of nitrogens with zero attached hydrogens (tertiary/aromatic N) is 4. The number of carboxylic acids is 1. The maximum absolute atomic E-state index is 12.7. The summed E-state index contributed by atoms with van der Waals surface area (Å²) in [6, 6.07) is 4.41. The standard InChI is InChI=1S/C17H16N4O6/c1-9-4-5-10(6-11(9)21(26)27)15-14-12(7-20(15)8-13(22)23)18(2)17(25)19(3)16(14)24/h4-7H,8H2,1-3H3,(H,22,23). The van der Waals surface area contributed by atoms with Crippen molar-refractivity contribution in [2.24, 2.45) is 14.1 Å². The number of benzene rings is 1. The lowest BCUT2D eigenvalue weighted by Crippen LogP contribution is -2.36. The lowest BCUT2D eigenvalue weighted by atomic mass is 10.1. The Morgan fingerprint density at radius 2 is 1.89 bits per heavy atom. The smallest absolute Gasteiger partial charge is 0.330 e. The van der Waals surface area contributed by atoms with Crippen molar-refractivity contribution >= 4 is 22.6 Å². The topological polar surface area (TPSA) is 129 Å². The van der Waals surface area contributed by atoms with E-state index in [0.29, 0.717) is 11.1 Å². The summed E-state index contributed by atoms with van der Waals surface area (Å²) in [5.74, 6) is -1.15. The molecule has 27 heavy (non-hydrogen) atoms. The molecule has 0 saturated heterocycles. The van der Waals surface area contributed by atoms with Crippen LogP contribution in [0.5, 0.6) is 0 Å². The quantitative estimate of drug-likeness (QED) is 0.537. The maximum Gasteiger partial charge on any atom is 0.330 e. The van der Waals surface area contributed by atoms with Gasteiger partial charge in [0, 0.05) is 37.5 Å². The highest BCUT2D eigenvalue weighted by Crippen LogP contribution is 2.31. The van der Waals surface area contributed by atoms with E-state index in [9.17, 15) is 29.6 Å². The van der Waals surface area contributed by atoms with Gasteiger partial charge >= 0.3 is 11.7 Å². The van der Waals surface area contributed by atoms with Crippen LogP contribution in [-0.2, 0) is 25.4 Å². The first-order valence-electron chi connectivity index (χ1n) is 7.89. The predicted molar refractivity (Wildman–Crippen MR) is 96.9 cm³/mol. The van der Waals surface area contributed by atoms with E-state index >= 15 is 0 Å². The van der Waals surface area contributed by atoms with Crippen molar-refractivity contribution in [3.8, 4) is 11.3 Å². The number of carboxylic acid groups (broad SMARTS) is 1. The van der Waals surface area contributed by atoms with E-state index in [1.807, 2.05) is 0 Å². The Morgan fingerprint density at radius 3 is 2.48 bits per heavy atom. The molecule has 0 unspecified atom stereocenters. The van der Waals surface area contributed by atoms with Crippen LogP contribution in [0, 0.1) is 17.0 Å². The van der Waals surface area contributed by atoms with Gasteiger partial charge in [0.2, 0.25) is 0 Å². The highest BCUT2D eigenvalue weighted by Gasteiger charge is 2.22. The van der Waals surface area contributed by atoms with Gasteiger partial charge in [-0.05, 0) is 6.92 Å². The van der Waals surface area contributed by atoms with Gasteiger partial charge in [0.25, 0.3) is 11.2 Å². The highest BCUT2D eigenvalue weighted by atomic mass is 16.6. The third kappa shape index (κ3) is 2.80. The largest absolute Gasteiger partial charge is 0.480 e. The minimum Gasteiger partial charge on any atom is -0.480 e. The molecule has 0 fully saturated rings. The van der Waals surface area contributed by atoms with E-state index < -0.39 is 28.7 Å². The van der Waals surface area contributed by atoms with Gasteiger partial charge in [0.1, 0.15) is 6.54 Å². The summed E-state index contributed by atoms with van der Waals surface area (Å²) in [5.41, 5.74) is -0.0828. The van der Waals surface area contributed by atoms with Crippen LogP contribution in [-0.4, -0.2) is 29.7 Å². The zero-order chi connectivity index (χ0) is 20.0. The molecule has 3 rings (SSSR count). The molecule has 0 aliphatic carbocycles. The Balaban J connectivity index is 2.49. The third-order valence-electron chi connectivity index (χ3n) is 4.50. The predicted octanol–water partition coefficient (Wildman–Crippen LogP) is 1.01. The third-order valence-corrected chi connectivity index (χ3v) is 4.50. The zero-order valence-corrected chi connectivity index (χ0v) is 14.8. The molecule has 0 aliphatic heterocycles. The lowest BCUT2D eigenvalue weighted by Gasteiger charge is -2.09. The first-order valence-corrected chi connectivity index (χ1v) is 7.89. The number of hydrogen-bond acceptors (Lipinski definition) is 5. The van der Waals surface area contributed by atoms with Gasteiger partial charge in [-0.2, -0.15) is 0 Å². The number of nitro groups is 1. The molecule has 2 heterocycles. The van der Waals surface area contributed by atoms with Gasteiger partial charge in [0.05, 0.1) is 21.5 Å². The van der Waals surface area contributed by atoms with Gasteiger partial charge in [-0.15, -0.1) is 0 Å². The van der Waals surface area contributed by atoms with Gasteiger partial charge in [0.15, 0.2) is 0 Å². The molecule has 140 valence electrons.